The highest BCUT2D eigenvalue weighted by molar-refractivity contribution is 5.80. The summed E-state index contributed by atoms with van der Waals surface area (Å²) in [7, 11) is 0. The molecule has 0 heterocycles. The maximum atomic E-state index is 12.5. The molecule has 0 radical (unpaired) electrons. The molecule has 0 aliphatic carbocycles. The van der Waals surface area contributed by atoms with E-state index in [1.54, 1.807) is 0 Å². The zero-order chi connectivity index (χ0) is 43.9. The number of hydrogen-bond acceptors (Lipinski definition) is 10. The first-order valence-corrected chi connectivity index (χ1v) is 22.7. The lowest BCUT2D eigenvalue weighted by molar-refractivity contribution is -0.137. The van der Waals surface area contributed by atoms with E-state index in [1.807, 2.05) is 0 Å². The predicted molar refractivity (Wildman–Crippen MR) is 234 cm³/mol. The van der Waals surface area contributed by atoms with Crippen molar-refractivity contribution in [2.45, 2.75) is 161 Å². The van der Waals surface area contributed by atoms with Crippen molar-refractivity contribution < 1.29 is 53.1 Å². The lowest BCUT2D eigenvalue weighted by Crippen LogP contribution is -2.36. The summed E-state index contributed by atoms with van der Waals surface area (Å²) < 4.78 is 21.7. The average molecular weight is 847 g/mol. The van der Waals surface area contributed by atoms with Crippen LogP contribution in [0.25, 0.3) is 0 Å². The van der Waals surface area contributed by atoms with Crippen LogP contribution in [0.5, 0.6) is 0 Å². The molecular formula is C47H78N2O11. The fourth-order valence-electron chi connectivity index (χ4n) is 6.48. The number of unbranched alkanes of at least 4 members (excludes halogenated alkanes) is 13. The quantitative estimate of drug-likeness (QED) is 0.0369. The van der Waals surface area contributed by atoms with E-state index < -0.39 is 12.0 Å². The molecule has 13 heteroatoms. The number of hydrogen-bond donors (Lipinski definition) is 4. The van der Waals surface area contributed by atoms with Crippen LogP contribution in [0.1, 0.15) is 153 Å². The second-order valence-corrected chi connectivity index (χ2v) is 15.5. The summed E-state index contributed by atoms with van der Waals surface area (Å²) in [5, 5.41) is 24.2. The lowest BCUT2D eigenvalue weighted by atomic mass is 10.0. The van der Waals surface area contributed by atoms with Gasteiger partial charge in [-0.1, -0.05) is 115 Å². The highest BCUT2D eigenvalue weighted by atomic mass is 16.5. The van der Waals surface area contributed by atoms with Gasteiger partial charge in [0.1, 0.15) is 24.8 Å². The van der Waals surface area contributed by atoms with Crippen molar-refractivity contribution >= 4 is 29.4 Å². The van der Waals surface area contributed by atoms with Gasteiger partial charge in [0.25, 0.3) is 0 Å². The number of amides is 2. The molecule has 0 saturated carbocycles. The number of Topliss-reactive ketones (excluding diaryl/α,β-unsaturated/α-hetero) is 2. The van der Waals surface area contributed by atoms with Crippen molar-refractivity contribution in [3.8, 4) is 0 Å². The van der Waals surface area contributed by atoms with Crippen molar-refractivity contribution in [1.29, 1.82) is 0 Å². The van der Waals surface area contributed by atoms with Crippen LogP contribution in [0.2, 0.25) is 0 Å². The van der Waals surface area contributed by atoms with E-state index in [1.165, 1.54) is 56.9 Å². The molecule has 342 valence electrons. The summed E-state index contributed by atoms with van der Waals surface area (Å²) in [6.45, 7) is 7.81. The summed E-state index contributed by atoms with van der Waals surface area (Å²) in [5.74, 6) is -1.19. The Morgan fingerprint density at radius 3 is 1.63 bits per heavy atom. The zero-order valence-corrected chi connectivity index (χ0v) is 36.8. The van der Waals surface area contributed by atoms with Crippen LogP contribution < -0.4 is 10.6 Å². The number of carboxylic acids is 1. The molecule has 0 spiro atoms. The van der Waals surface area contributed by atoms with Gasteiger partial charge in [-0.3, -0.25) is 24.0 Å². The normalized spacial score (nSPS) is 11.6. The molecule has 1 rings (SSSR count). The maximum absolute atomic E-state index is 12.5. The molecule has 1 aromatic carbocycles. The minimum atomic E-state index is -0.703. The average Bonchev–Trinajstić information content (AvgIpc) is 3.23. The SMILES string of the molecule is C=C(O)[C@H](CCC(=O)CCCOCCOCC(=O)NCCOCCOCC(=O)CCc1ccc(CC)cc1)NC(=O)CCCCCCCCCCCCCCCCC(=O)O. The van der Waals surface area contributed by atoms with E-state index >= 15 is 0 Å². The number of carbonyl (C=O) groups is 5. The Bertz CT molecular complexity index is 1300. The summed E-state index contributed by atoms with van der Waals surface area (Å²) in [4.78, 5) is 59.4. The molecule has 0 saturated heterocycles. The van der Waals surface area contributed by atoms with Gasteiger partial charge < -0.3 is 39.8 Å². The van der Waals surface area contributed by atoms with Gasteiger partial charge in [0, 0.05) is 45.3 Å². The Morgan fingerprint density at radius 1 is 0.550 bits per heavy atom. The van der Waals surface area contributed by atoms with Gasteiger partial charge in [0.15, 0.2) is 5.78 Å². The molecule has 2 amide bonds. The second kappa shape index (κ2) is 38.3. The lowest BCUT2D eigenvalue weighted by Gasteiger charge is -2.17. The van der Waals surface area contributed by atoms with Crippen molar-refractivity contribution in [3.63, 3.8) is 0 Å². The van der Waals surface area contributed by atoms with Crippen molar-refractivity contribution in [2.75, 3.05) is 59.4 Å². The molecule has 0 unspecified atom stereocenters. The highest BCUT2D eigenvalue weighted by Crippen LogP contribution is 2.15. The van der Waals surface area contributed by atoms with Gasteiger partial charge in [-0.05, 0) is 49.7 Å². The molecule has 0 bridgehead atoms. The van der Waals surface area contributed by atoms with E-state index in [9.17, 15) is 29.1 Å². The van der Waals surface area contributed by atoms with Gasteiger partial charge in [0.05, 0.1) is 39.1 Å². The monoisotopic (exact) mass is 847 g/mol. The van der Waals surface area contributed by atoms with Gasteiger partial charge in [-0.25, -0.2) is 0 Å². The van der Waals surface area contributed by atoms with Gasteiger partial charge >= 0.3 is 5.97 Å². The van der Waals surface area contributed by atoms with Crippen molar-refractivity contribution in [1.82, 2.24) is 10.6 Å². The third kappa shape index (κ3) is 34.1. The van der Waals surface area contributed by atoms with Gasteiger partial charge in [-0.15, -0.1) is 0 Å². The summed E-state index contributed by atoms with van der Waals surface area (Å²) in [5.41, 5.74) is 2.42. The largest absolute Gasteiger partial charge is 0.511 e. The minimum Gasteiger partial charge on any atom is -0.511 e. The molecular weight excluding hydrogens is 769 g/mol. The first kappa shape index (κ1) is 54.4. The van der Waals surface area contributed by atoms with E-state index in [4.69, 9.17) is 24.1 Å². The third-order valence-electron chi connectivity index (χ3n) is 10.2. The van der Waals surface area contributed by atoms with E-state index in [0.717, 1.165) is 50.5 Å². The molecule has 1 aromatic rings. The smallest absolute Gasteiger partial charge is 0.303 e. The number of aliphatic carboxylic acids is 1. The van der Waals surface area contributed by atoms with Crippen LogP contribution in [-0.2, 0) is 55.8 Å². The molecule has 60 heavy (non-hydrogen) atoms. The molecule has 0 aliphatic heterocycles. The number of nitrogens with one attached hydrogen (secondary N) is 2. The summed E-state index contributed by atoms with van der Waals surface area (Å²) in [6.07, 6.45) is 19.8. The first-order valence-electron chi connectivity index (χ1n) is 22.7. The van der Waals surface area contributed by atoms with Crippen LogP contribution in [0.15, 0.2) is 36.6 Å². The predicted octanol–water partition coefficient (Wildman–Crippen LogP) is 7.95. The number of ether oxygens (including phenoxy) is 4. The van der Waals surface area contributed by atoms with E-state index in [-0.39, 0.29) is 61.8 Å². The van der Waals surface area contributed by atoms with Crippen LogP contribution in [0, 0.1) is 0 Å². The number of ketones is 2. The number of rotatable bonds is 43. The van der Waals surface area contributed by atoms with Crippen molar-refractivity contribution in [2.24, 2.45) is 0 Å². The zero-order valence-electron chi connectivity index (χ0n) is 36.8. The van der Waals surface area contributed by atoms with Gasteiger partial charge in [-0.2, -0.15) is 0 Å². The Hall–Kier alpha value is -3.65. The van der Waals surface area contributed by atoms with Crippen LogP contribution >= 0.6 is 0 Å². The Balaban J connectivity index is 1.91. The molecule has 13 nitrogen and oxygen atoms in total. The fraction of sp³-hybridized carbons (Fsp3) is 0.723. The molecule has 0 aromatic heterocycles. The van der Waals surface area contributed by atoms with Crippen LogP contribution in [-0.4, -0.2) is 105 Å². The highest BCUT2D eigenvalue weighted by Gasteiger charge is 2.17. The molecule has 1 atom stereocenters. The topological polar surface area (TPSA) is 187 Å². The van der Waals surface area contributed by atoms with Crippen LogP contribution in [0.3, 0.4) is 0 Å². The maximum Gasteiger partial charge on any atom is 0.303 e. The first-order chi connectivity index (χ1) is 29.1. The van der Waals surface area contributed by atoms with E-state index in [2.05, 4.69) is 48.4 Å². The second-order valence-electron chi connectivity index (χ2n) is 15.5. The van der Waals surface area contributed by atoms with E-state index in [0.29, 0.717) is 78.1 Å². The molecule has 0 fully saturated rings. The Kier molecular flexibility index (Phi) is 34.7. The number of carboxylic acid groups (broad SMARTS) is 1. The Morgan fingerprint density at radius 2 is 1.07 bits per heavy atom. The van der Waals surface area contributed by atoms with Gasteiger partial charge in [0.2, 0.25) is 11.8 Å². The summed E-state index contributed by atoms with van der Waals surface area (Å²) in [6, 6.07) is 7.66. The fourth-order valence-corrected chi connectivity index (χ4v) is 6.48. The summed E-state index contributed by atoms with van der Waals surface area (Å²) >= 11 is 0. The Labute approximate surface area is 360 Å². The third-order valence-corrected chi connectivity index (χ3v) is 10.2. The number of aliphatic hydroxyl groups is 1. The van der Waals surface area contributed by atoms with Crippen molar-refractivity contribution in [3.05, 3.63) is 47.7 Å². The number of aryl methyl sites for hydroxylation is 2. The van der Waals surface area contributed by atoms with Crippen LogP contribution in [0.4, 0.5) is 0 Å². The molecule has 0 aliphatic rings. The number of benzene rings is 1. The number of aliphatic hydroxyl groups excluding tert-OH is 1. The molecule has 4 N–H and O–H groups in total. The minimum absolute atomic E-state index is 0.0171. The number of carbonyl (C=O) groups excluding carboxylic acids is 4. The standard InChI is InChI=1S/C47H78N2O11/c1-3-40-22-24-41(25-23-40)26-27-43(52)37-59-35-34-58-32-30-48-46(54)38-60-36-33-57-31-18-19-42(51)28-29-44(39(2)50)49-45(53)20-16-14-12-10-8-6-4-5-7-9-11-13-15-17-21-47(55)56/h22-25,44,50H,2-21,26-38H2,1H3,(H,48,54)(H,49,53)(H,55,56)/t44-/m0/s1.